The van der Waals surface area contributed by atoms with E-state index in [0.717, 1.165) is 48.4 Å². The number of anilines is 1. The van der Waals surface area contributed by atoms with Crippen molar-refractivity contribution in [2.24, 2.45) is 10.7 Å². The Morgan fingerprint density at radius 1 is 1.03 bits per heavy atom. The average Bonchev–Trinajstić information content (AvgIpc) is 2.85. The second-order valence-electron chi connectivity index (χ2n) is 9.62. The molecule has 0 aliphatic carbocycles. The summed E-state index contributed by atoms with van der Waals surface area (Å²) in [6.45, 7) is 6.55. The van der Waals surface area contributed by atoms with Crippen LogP contribution in [0.3, 0.4) is 0 Å². The zero-order chi connectivity index (χ0) is 24.1. The van der Waals surface area contributed by atoms with Crippen molar-refractivity contribution in [2.75, 3.05) is 25.0 Å². The van der Waals surface area contributed by atoms with Crippen molar-refractivity contribution in [1.82, 2.24) is 4.90 Å². The van der Waals surface area contributed by atoms with Gasteiger partial charge in [0.1, 0.15) is 11.6 Å². The highest BCUT2D eigenvalue weighted by Crippen LogP contribution is 2.39. The van der Waals surface area contributed by atoms with Gasteiger partial charge in [0, 0.05) is 36.8 Å². The lowest BCUT2D eigenvalue weighted by molar-refractivity contribution is -0.126. The number of fused-ring (bicyclic) bond motifs is 1. The maximum atomic E-state index is 13.6. The Balaban J connectivity index is 1.43. The molecule has 1 unspecified atom stereocenters. The number of carbonyl (C=O) groups excluding carboxylic acids is 1. The molecule has 3 atom stereocenters. The number of para-hydroxylation sites is 2. The van der Waals surface area contributed by atoms with Crippen molar-refractivity contribution in [1.29, 1.82) is 0 Å². The van der Waals surface area contributed by atoms with Gasteiger partial charge in [-0.25, -0.2) is 0 Å². The molecule has 2 aromatic carbocycles. The predicted octanol–water partition coefficient (Wildman–Crippen LogP) is 4.92. The van der Waals surface area contributed by atoms with E-state index in [0.29, 0.717) is 24.5 Å². The second kappa shape index (κ2) is 11.0. The first-order valence-corrected chi connectivity index (χ1v) is 12.6. The Hall–Kier alpha value is -2.86. The fourth-order valence-electron chi connectivity index (χ4n) is 5.31. The standard InChI is InChI=1S/C28H38N4O2/c1-20-11-9-12-21(2)31(20)17-7-4-8-18-32-24-15-5-6-16-25(24)34-26(28(32)33)22-13-10-14-23(19-22)27(29)30-3/h5-6,10,13-16,19-21,26H,4,7-9,11-12,17-18H2,1-3H3,(H2,29,30)/t20-,21+,26?. The van der Waals surface area contributed by atoms with Crippen LogP contribution in [0.1, 0.15) is 69.6 Å². The van der Waals surface area contributed by atoms with Gasteiger partial charge in [-0.15, -0.1) is 0 Å². The number of amidine groups is 1. The van der Waals surface area contributed by atoms with Crippen LogP contribution < -0.4 is 15.4 Å². The number of hydrogen-bond donors (Lipinski definition) is 1. The number of ether oxygens (including phenoxy) is 1. The number of rotatable bonds is 8. The third-order valence-corrected chi connectivity index (χ3v) is 7.29. The van der Waals surface area contributed by atoms with E-state index >= 15 is 0 Å². The largest absolute Gasteiger partial charge is 0.474 e. The molecule has 1 amide bonds. The minimum atomic E-state index is -0.686. The van der Waals surface area contributed by atoms with Gasteiger partial charge in [0.2, 0.25) is 6.10 Å². The van der Waals surface area contributed by atoms with E-state index in [2.05, 4.69) is 23.7 Å². The van der Waals surface area contributed by atoms with E-state index in [4.69, 9.17) is 10.5 Å². The average molecular weight is 463 g/mol. The minimum absolute atomic E-state index is 0.0267. The fourth-order valence-corrected chi connectivity index (χ4v) is 5.31. The molecule has 2 aromatic rings. The zero-order valence-corrected chi connectivity index (χ0v) is 20.7. The molecule has 0 spiro atoms. The molecule has 2 heterocycles. The van der Waals surface area contributed by atoms with Crippen molar-refractivity contribution in [3.8, 4) is 5.75 Å². The van der Waals surface area contributed by atoms with Crippen molar-refractivity contribution in [3.63, 3.8) is 0 Å². The number of likely N-dealkylation sites (tertiary alicyclic amines) is 1. The molecule has 1 fully saturated rings. The zero-order valence-electron chi connectivity index (χ0n) is 20.7. The lowest BCUT2D eigenvalue weighted by atomic mass is 9.97. The molecule has 6 nitrogen and oxygen atoms in total. The summed E-state index contributed by atoms with van der Waals surface area (Å²) in [6, 6.07) is 16.8. The third-order valence-electron chi connectivity index (χ3n) is 7.29. The summed E-state index contributed by atoms with van der Waals surface area (Å²) in [4.78, 5) is 22.2. The highest BCUT2D eigenvalue weighted by molar-refractivity contribution is 6.01. The molecule has 6 heteroatoms. The van der Waals surface area contributed by atoms with Gasteiger partial charge in [-0.1, -0.05) is 43.2 Å². The summed E-state index contributed by atoms with van der Waals surface area (Å²) < 4.78 is 6.18. The van der Waals surface area contributed by atoms with Crippen LogP contribution in [-0.2, 0) is 4.79 Å². The van der Waals surface area contributed by atoms with E-state index in [1.54, 1.807) is 7.05 Å². The lowest BCUT2D eigenvalue weighted by Crippen LogP contribution is -2.44. The van der Waals surface area contributed by atoms with Crippen LogP contribution in [0.15, 0.2) is 53.5 Å². The quantitative estimate of drug-likeness (QED) is 0.343. The van der Waals surface area contributed by atoms with E-state index in [1.807, 2.05) is 53.4 Å². The highest BCUT2D eigenvalue weighted by Gasteiger charge is 2.35. The summed E-state index contributed by atoms with van der Waals surface area (Å²) in [7, 11) is 1.66. The number of unbranched alkanes of at least 4 members (excludes halogenated alkanes) is 2. The van der Waals surface area contributed by atoms with Crippen LogP contribution in [0.2, 0.25) is 0 Å². The normalized spacial score (nSPS) is 23.5. The maximum Gasteiger partial charge on any atom is 0.272 e. The van der Waals surface area contributed by atoms with Gasteiger partial charge in [-0.05, 0) is 64.3 Å². The molecular weight excluding hydrogens is 424 g/mol. The Labute approximate surface area is 203 Å². The molecule has 0 saturated carbocycles. The van der Waals surface area contributed by atoms with Gasteiger partial charge in [0.25, 0.3) is 5.91 Å². The summed E-state index contributed by atoms with van der Waals surface area (Å²) in [5.41, 5.74) is 8.45. The van der Waals surface area contributed by atoms with Crippen LogP contribution in [0.5, 0.6) is 5.75 Å². The van der Waals surface area contributed by atoms with Crippen molar-refractivity contribution >= 4 is 17.4 Å². The number of benzene rings is 2. The topological polar surface area (TPSA) is 71.2 Å². The molecule has 34 heavy (non-hydrogen) atoms. The number of carbonyl (C=O) groups is 1. The first-order chi connectivity index (χ1) is 16.5. The number of piperidine rings is 1. The molecule has 0 aromatic heterocycles. The van der Waals surface area contributed by atoms with E-state index in [9.17, 15) is 4.79 Å². The molecule has 0 radical (unpaired) electrons. The Morgan fingerprint density at radius 3 is 2.53 bits per heavy atom. The van der Waals surface area contributed by atoms with Crippen LogP contribution >= 0.6 is 0 Å². The second-order valence-corrected chi connectivity index (χ2v) is 9.62. The van der Waals surface area contributed by atoms with E-state index < -0.39 is 6.10 Å². The molecule has 182 valence electrons. The summed E-state index contributed by atoms with van der Waals surface area (Å²) in [5, 5.41) is 0. The SMILES string of the molecule is CN=C(N)c1cccc(C2Oc3ccccc3N(CCCCCN3[C@H](C)CCC[C@@H]3C)C2=O)c1. The Bertz CT molecular complexity index is 1010. The van der Waals surface area contributed by atoms with Crippen molar-refractivity contribution in [3.05, 3.63) is 59.7 Å². The third kappa shape index (κ3) is 5.27. The molecule has 2 N–H and O–H groups in total. The molecular formula is C28H38N4O2. The number of aliphatic imine (C=N–C) groups is 1. The first kappa shape index (κ1) is 24.3. The summed E-state index contributed by atoms with van der Waals surface area (Å²) >= 11 is 0. The van der Waals surface area contributed by atoms with Crippen LogP contribution in [0, 0.1) is 0 Å². The highest BCUT2D eigenvalue weighted by atomic mass is 16.5. The smallest absolute Gasteiger partial charge is 0.272 e. The molecule has 2 aliphatic rings. The number of amides is 1. The van der Waals surface area contributed by atoms with Gasteiger partial charge in [0.15, 0.2) is 0 Å². The first-order valence-electron chi connectivity index (χ1n) is 12.6. The monoisotopic (exact) mass is 462 g/mol. The number of hydrogen-bond acceptors (Lipinski definition) is 4. The van der Waals surface area contributed by atoms with Crippen molar-refractivity contribution < 1.29 is 9.53 Å². The van der Waals surface area contributed by atoms with Gasteiger partial charge in [0.05, 0.1) is 5.69 Å². The van der Waals surface area contributed by atoms with E-state index in [-0.39, 0.29) is 5.91 Å². The van der Waals surface area contributed by atoms with Crippen LogP contribution in [0.4, 0.5) is 5.69 Å². The minimum Gasteiger partial charge on any atom is -0.474 e. The van der Waals surface area contributed by atoms with Gasteiger partial charge < -0.3 is 15.4 Å². The molecule has 4 rings (SSSR count). The summed E-state index contributed by atoms with van der Waals surface area (Å²) in [5.74, 6) is 1.16. The van der Waals surface area contributed by atoms with Crippen LogP contribution in [-0.4, -0.2) is 48.9 Å². The van der Waals surface area contributed by atoms with Gasteiger partial charge in [-0.3, -0.25) is 14.7 Å². The van der Waals surface area contributed by atoms with Gasteiger partial charge in [-0.2, -0.15) is 0 Å². The molecule has 0 bridgehead atoms. The Morgan fingerprint density at radius 2 is 1.76 bits per heavy atom. The predicted molar refractivity (Wildman–Crippen MR) is 139 cm³/mol. The molecule has 1 saturated heterocycles. The summed E-state index contributed by atoms with van der Waals surface area (Å²) in [6.07, 6.45) is 6.51. The Kier molecular flexibility index (Phi) is 7.88. The molecule has 2 aliphatic heterocycles. The maximum absolute atomic E-state index is 13.6. The number of nitrogens with two attached hydrogens (primary N) is 1. The lowest BCUT2D eigenvalue weighted by Gasteiger charge is -2.39. The van der Waals surface area contributed by atoms with Gasteiger partial charge >= 0.3 is 0 Å². The fraction of sp³-hybridized carbons (Fsp3) is 0.500. The van der Waals surface area contributed by atoms with E-state index in [1.165, 1.54) is 19.3 Å². The van der Waals surface area contributed by atoms with Crippen molar-refractivity contribution in [2.45, 2.75) is 70.6 Å². The number of nitrogens with zero attached hydrogens (tertiary/aromatic N) is 3. The van der Waals surface area contributed by atoms with Crippen LogP contribution in [0.25, 0.3) is 0 Å².